The lowest BCUT2D eigenvalue weighted by Crippen LogP contribution is -2.31. The molecule has 1 aliphatic rings. The molecule has 0 spiro atoms. The molecule has 0 bridgehead atoms. The zero-order valence-electron chi connectivity index (χ0n) is 14.3. The van der Waals surface area contributed by atoms with Gasteiger partial charge in [0.1, 0.15) is 0 Å². The van der Waals surface area contributed by atoms with Crippen LogP contribution in [0.5, 0.6) is 0 Å². The van der Waals surface area contributed by atoms with Gasteiger partial charge in [-0.1, -0.05) is 27.7 Å². The number of aliphatic carboxylic acids is 1. The smallest absolute Gasteiger partial charge is 0.308 e. The van der Waals surface area contributed by atoms with Gasteiger partial charge in [-0.3, -0.25) is 14.4 Å². The fraction of sp³-hybridized carbons (Fsp3) is 0.625. The molecule has 24 heavy (non-hydrogen) atoms. The summed E-state index contributed by atoms with van der Waals surface area (Å²) in [6.07, 6.45) is 0.112. The van der Waals surface area contributed by atoms with Gasteiger partial charge in [0, 0.05) is 23.9 Å². The van der Waals surface area contributed by atoms with Gasteiger partial charge in [0.05, 0.1) is 18.0 Å². The second kappa shape index (κ2) is 6.88. The number of thiazole rings is 1. The molecule has 7 nitrogen and oxygen atoms in total. The summed E-state index contributed by atoms with van der Waals surface area (Å²) in [7, 11) is 0. The zero-order chi connectivity index (χ0) is 18.1. The van der Waals surface area contributed by atoms with Crippen molar-refractivity contribution in [2.45, 2.75) is 34.1 Å². The van der Waals surface area contributed by atoms with E-state index in [1.54, 1.807) is 10.3 Å². The minimum Gasteiger partial charge on any atom is -0.481 e. The Hall–Kier alpha value is -1.96. The molecule has 0 aliphatic carbocycles. The van der Waals surface area contributed by atoms with Gasteiger partial charge in [-0.25, -0.2) is 4.98 Å². The van der Waals surface area contributed by atoms with E-state index in [1.807, 2.05) is 27.7 Å². The topological polar surface area (TPSA) is 99.6 Å². The van der Waals surface area contributed by atoms with Crippen molar-refractivity contribution < 1.29 is 19.5 Å². The molecule has 2 heterocycles. The van der Waals surface area contributed by atoms with Crippen LogP contribution in [-0.4, -0.2) is 45.9 Å². The molecule has 0 saturated carbocycles. The minimum atomic E-state index is -0.862. The highest BCUT2D eigenvalue weighted by Crippen LogP contribution is 2.25. The fourth-order valence-corrected chi connectivity index (χ4v) is 3.19. The maximum Gasteiger partial charge on any atom is 0.308 e. The van der Waals surface area contributed by atoms with E-state index in [9.17, 15) is 14.4 Å². The van der Waals surface area contributed by atoms with E-state index in [0.717, 1.165) is 0 Å². The summed E-state index contributed by atoms with van der Waals surface area (Å²) in [5.74, 6) is -1.69. The first-order valence-electron chi connectivity index (χ1n) is 7.84. The van der Waals surface area contributed by atoms with E-state index in [1.165, 1.54) is 11.3 Å². The number of nitrogens with zero attached hydrogens (tertiary/aromatic N) is 2. The third-order valence-electron chi connectivity index (χ3n) is 4.07. The molecule has 1 saturated heterocycles. The van der Waals surface area contributed by atoms with Gasteiger partial charge in [0.2, 0.25) is 11.8 Å². The van der Waals surface area contributed by atoms with Gasteiger partial charge in [-0.2, -0.15) is 0 Å². The number of amides is 2. The molecule has 2 amide bonds. The number of likely N-dealkylation sites (tertiary alicyclic amines) is 1. The van der Waals surface area contributed by atoms with Crippen LogP contribution in [-0.2, 0) is 20.8 Å². The van der Waals surface area contributed by atoms with Crippen LogP contribution >= 0.6 is 11.3 Å². The Labute approximate surface area is 145 Å². The summed E-state index contributed by atoms with van der Waals surface area (Å²) >= 11 is 1.28. The number of carbonyl (C=O) groups excluding carboxylic acids is 2. The van der Waals surface area contributed by atoms with Crippen LogP contribution in [0, 0.1) is 17.3 Å². The Morgan fingerprint density at radius 1 is 1.38 bits per heavy atom. The third kappa shape index (κ3) is 4.31. The van der Waals surface area contributed by atoms with E-state index in [0.29, 0.717) is 17.4 Å². The normalized spacial score (nSPS) is 20.9. The second-order valence-electron chi connectivity index (χ2n) is 7.25. The number of aromatic nitrogens is 1. The van der Waals surface area contributed by atoms with Crippen LogP contribution in [0.3, 0.4) is 0 Å². The Morgan fingerprint density at radius 2 is 2.04 bits per heavy atom. The summed E-state index contributed by atoms with van der Waals surface area (Å²) < 4.78 is 0. The average Bonchev–Trinajstić information content (AvgIpc) is 3.04. The molecule has 0 aromatic carbocycles. The molecule has 8 heteroatoms. The molecule has 2 atom stereocenters. The van der Waals surface area contributed by atoms with Crippen molar-refractivity contribution in [3.8, 4) is 0 Å². The third-order valence-corrected chi connectivity index (χ3v) is 4.87. The van der Waals surface area contributed by atoms with Gasteiger partial charge in [-0.15, -0.1) is 11.3 Å². The van der Waals surface area contributed by atoms with E-state index < -0.39 is 17.3 Å². The van der Waals surface area contributed by atoms with Crippen LogP contribution < -0.4 is 5.32 Å². The summed E-state index contributed by atoms with van der Waals surface area (Å²) in [5.41, 5.74) is 0.0692. The molecule has 1 aliphatic heterocycles. The van der Waals surface area contributed by atoms with Crippen molar-refractivity contribution >= 4 is 34.3 Å². The van der Waals surface area contributed by atoms with E-state index in [-0.39, 0.29) is 30.7 Å². The van der Waals surface area contributed by atoms with E-state index in [2.05, 4.69) is 10.3 Å². The van der Waals surface area contributed by atoms with Crippen molar-refractivity contribution in [1.29, 1.82) is 0 Å². The molecule has 0 radical (unpaired) electrons. The first-order chi connectivity index (χ1) is 11.1. The fourth-order valence-electron chi connectivity index (χ4n) is 2.49. The molecule has 0 unspecified atom stereocenters. The lowest BCUT2D eigenvalue weighted by Gasteiger charge is -2.16. The molecule has 2 rings (SSSR count). The number of hydrogen-bond acceptors (Lipinski definition) is 5. The minimum absolute atomic E-state index is 0.0523. The van der Waals surface area contributed by atoms with Crippen molar-refractivity contribution in [3.05, 3.63) is 11.1 Å². The van der Waals surface area contributed by atoms with Crippen molar-refractivity contribution in [3.63, 3.8) is 0 Å². The van der Waals surface area contributed by atoms with E-state index >= 15 is 0 Å². The lowest BCUT2D eigenvalue weighted by atomic mass is 9.96. The molecule has 1 aromatic heterocycles. The van der Waals surface area contributed by atoms with Crippen LogP contribution in [0.25, 0.3) is 0 Å². The van der Waals surface area contributed by atoms with Crippen LogP contribution in [0.15, 0.2) is 5.38 Å². The van der Waals surface area contributed by atoms with Crippen LogP contribution in [0.2, 0.25) is 0 Å². The van der Waals surface area contributed by atoms with Crippen molar-refractivity contribution in [2.75, 3.05) is 18.4 Å². The first-order valence-corrected chi connectivity index (χ1v) is 8.72. The Bertz CT molecular complexity index is 650. The molecule has 1 fully saturated rings. The van der Waals surface area contributed by atoms with Gasteiger partial charge in [-0.05, 0) is 5.92 Å². The van der Waals surface area contributed by atoms with Crippen molar-refractivity contribution in [1.82, 2.24) is 9.88 Å². The summed E-state index contributed by atoms with van der Waals surface area (Å²) in [4.78, 5) is 41.3. The largest absolute Gasteiger partial charge is 0.481 e. The predicted molar refractivity (Wildman–Crippen MR) is 90.8 cm³/mol. The maximum absolute atomic E-state index is 12.3. The zero-order valence-corrected chi connectivity index (χ0v) is 15.1. The maximum atomic E-state index is 12.3. The van der Waals surface area contributed by atoms with E-state index in [4.69, 9.17) is 5.11 Å². The summed E-state index contributed by atoms with van der Waals surface area (Å²) in [5, 5.41) is 14.1. The Balaban J connectivity index is 1.94. The summed E-state index contributed by atoms with van der Waals surface area (Å²) in [6.45, 7) is 7.98. The molecular weight excluding hydrogens is 330 g/mol. The summed E-state index contributed by atoms with van der Waals surface area (Å²) in [6, 6.07) is 0. The quantitative estimate of drug-likeness (QED) is 0.860. The van der Waals surface area contributed by atoms with Crippen molar-refractivity contribution in [2.24, 2.45) is 17.3 Å². The number of rotatable bonds is 4. The van der Waals surface area contributed by atoms with Gasteiger partial charge in [0.25, 0.3) is 0 Å². The number of carboxylic acid groups (broad SMARTS) is 1. The number of carbonyl (C=O) groups is 3. The van der Waals surface area contributed by atoms with Gasteiger partial charge < -0.3 is 15.3 Å². The number of carboxylic acids is 1. The van der Waals surface area contributed by atoms with Gasteiger partial charge in [0.15, 0.2) is 5.13 Å². The number of nitrogens with one attached hydrogen (secondary N) is 1. The van der Waals surface area contributed by atoms with Crippen LogP contribution in [0.4, 0.5) is 5.13 Å². The highest BCUT2D eigenvalue weighted by Gasteiger charge is 2.36. The Morgan fingerprint density at radius 3 is 2.58 bits per heavy atom. The van der Waals surface area contributed by atoms with Crippen LogP contribution in [0.1, 0.15) is 33.4 Å². The highest BCUT2D eigenvalue weighted by molar-refractivity contribution is 7.13. The lowest BCUT2D eigenvalue weighted by molar-refractivity contribution is -0.142. The number of hydrogen-bond donors (Lipinski definition) is 2. The predicted octanol–water partition coefficient (Wildman–Crippen LogP) is 1.85. The molecule has 2 N–H and O–H groups in total. The number of anilines is 1. The molecule has 1 aromatic rings. The monoisotopic (exact) mass is 353 g/mol. The average molecular weight is 353 g/mol. The Kier molecular flexibility index (Phi) is 5.27. The molecular formula is C16H23N3O4S. The van der Waals surface area contributed by atoms with Gasteiger partial charge >= 0.3 is 5.97 Å². The first kappa shape index (κ1) is 18.4. The standard InChI is InChI=1S/C16H23N3O4S/c1-9-6-19(7-11(9)13(21)22)12(20)5-10-8-24-15(17-10)18-14(23)16(2,3)4/h8-9,11H,5-7H2,1-4H3,(H,21,22)(H,17,18,23)/t9-,11-/m1/s1. The SMILES string of the molecule is C[C@@H]1CN(C(=O)Cc2csc(NC(=O)C(C)(C)C)n2)C[C@H]1C(=O)O. The second-order valence-corrected chi connectivity index (χ2v) is 8.10. The highest BCUT2D eigenvalue weighted by atomic mass is 32.1. The molecule has 132 valence electrons.